The monoisotopic (exact) mass is 256 g/mol. The molecule has 0 aliphatic heterocycles. The van der Waals surface area contributed by atoms with Crippen LogP contribution in [0.2, 0.25) is 0 Å². The van der Waals surface area contributed by atoms with Crippen molar-refractivity contribution in [2.45, 2.75) is 11.8 Å². The third-order valence-corrected chi connectivity index (χ3v) is 3.36. The lowest BCUT2D eigenvalue weighted by atomic mass is 10.4. The average molecular weight is 256 g/mol. The van der Waals surface area contributed by atoms with Crippen LogP contribution in [0.5, 0.6) is 0 Å². The highest BCUT2D eigenvalue weighted by molar-refractivity contribution is 7.92. The number of rotatable bonds is 3. The summed E-state index contributed by atoms with van der Waals surface area (Å²) in [6.07, 6.45) is 0. The molecule has 90 valence electrons. The molecule has 0 spiro atoms. The molecule has 1 aromatic carbocycles. The number of nitrogens with zero attached hydrogens (tertiary/aromatic N) is 1. The molecule has 0 bridgehead atoms. The second-order valence-corrected chi connectivity index (χ2v) is 5.06. The summed E-state index contributed by atoms with van der Waals surface area (Å²) < 4.78 is 43.2. The van der Waals surface area contributed by atoms with Crippen LogP contribution in [0.1, 0.15) is 5.76 Å². The van der Waals surface area contributed by atoms with Crippen molar-refractivity contribution in [3.05, 3.63) is 41.9 Å². The maximum atomic E-state index is 12.7. The Morgan fingerprint density at radius 2 is 1.94 bits per heavy atom. The van der Waals surface area contributed by atoms with Gasteiger partial charge < -0.3 is 4.52 Å². The van der Waals surface area contributed by atoms with E-state index in [2.05, 4.69) is 9.88 Å². The molecule has 0 aliphatic rings. The van der Waals surface area contributed by atoms with E-state index in [4.69, 9.17) is 4.52 Å². The van der Waals surface area contributed by atoms with Gasteiger partial charge >= 0.3 is 0 Å². The van der Waals surface area contributed by atoms with Crippen LogP contribution >= 0.6 is 0 Å². The first-order valence-corrected chi connectivity index (χ1v) is 6.17. The fourth-order valence-corrected chi connectivity index (χ4v) is 2.21. The van der Waals surface area contributed by atoms with Gasteiger partial charge in [0.15, 0.2) is 5.82 Å². The van der Waals surface area contributed by atoms with Gasteiger partial charge in [0, 0.05) is 6.07 Å². The average Bonchev–Trinajstić information content (AvgIpc) is 2.63. The minimum absolute atomic E-state index is 0.0421. The smallest absolute Gasteiger partial charge is 0.263 e. The van der Waals surface area contributed by atoms with Gasteiger partial charge in [0.2, 0.25) is 0 Å². The van der Waals surface area contributed by atoms with Crippen LogP contribution in [0.3, 0.4) is 0 Å². The van der Waals surface area contributed by atoms with Crippen LogP contribution in [-0.2, 0) is 10.0 Å². The third kappa shape index (κ3) is 2.62. The fourth-order valence-electron chi connectivity index (χ4n) is 1.22. The van der Waals surface area contributed by atoms with E-state index in [9.17, 15) is 12.8 Å². The summed E-state index contributed by atoms with van der Waals surface area (Å²) in [6, 6.07) is 5.93. The highest BCUT2D eigenvalue weighted by Crippen LogP contribution is 2.15. The van der Waals surface area contributed by atoms with E-state index in [1.54, 1.807) is 6.92 Å². The van der Waals surface area contributed by atoms with Crippen LogP contribution in [0.15, 0.2) is 39.8 Å². The highest BCUT2D eigenvalue weighted by atomic mass is 32.2. The number of hydrogen-bond acceptors (Lipinski definition) is 4. The number of nitrogens with one attached hydrogen (secondary N) is 1. The van der Waals surface area contributed by atoms with Crippen molar-refractivity contribution < 1.29 is 17.3 Å². The lowest BCUT2D eigenvalue weighted by Gasteiger charge is -2.04. The van der Waals surface area contributed by atoms with E-state index in [-0.39, 0.29) is 10.7 Å². The maximum absolute atomic E-state index is 12.7. The van der Waals surface area contributed by atoms with Crippen molar-refractivity contribution in [1.82, 2.24) is 5.16 Å². The van der Waals surface area contributed by atoms with Crippen LogP contribution in [0.4, 0.5) is 10.2 Å². The summed E-state index contributed by atoms with van der Waals surface area (Å²) in [5.41, 5.74) is 0. The Labute approximate surface area is 97.3 Å². The molecule has 0 unspecified atom stereocenters. The Balaban J connectivity index is 2.28. The standard InChI is InChI=1S/C10H9FN2O3S/c1-7-6-10(12-16-7)13-17(14,15)9-4-2-8(11)3-5-9/h2-6H,1H3,(H,12,13). The fraction of sp³-hybridized carbons (Fsp3) is 0.100. The van der Waals surface area contributed by atoms with Crippen LogP contribution < -0.4 is 4.72 Å². The molecule has 0 saturated carbocycles. The summed E-state index contributed by atoms with van der Waals surface area (Å²) in [4.78, 5) is -0.0421. The van der Waals surface area contributed by atoms with E-state index >= 15 is 0 Å². The Morgan fingerprint density at radius 3 is 2.47 bits per heavy atom. The zero-order valence-corrected chi connectivity index (χ0v) is 9.66. The Hall–Kier alpha value is -1.89. The van der Waals surface area contributed by atoms with Gasteiger partial charge in [-0.25, -0.2) is 12.8 Å². The molecule has 1 N–H and O–H groups in total. The van der Waals surface area contributed by atoms with Gasteiger partial charge in [0.05, 0.1) is 4.90 Å². The normalized spacial score (nSPS) is 11.4. The zero-order valence-electron chi connectivity index (χ0n) is 8.84. The predicted molar refractivity (Wildman–Crippen MR) is 58.4 cm³/mol. The number of anilines is 1. The number of aryl methyl sites for hydroxylation is 1. The molecule has 17 heavy (non-hydrogen) atoms. The summed E-state index contributed by atoms with van der Waals surface area (Å²) in [5, 5.41) is 3.50. The van der Waals surface area contributed by atoms with E-state index in [0.29, 0.717) is 5.76 Å². The number of sulfonamides is 1. The Bertz CT molecular complexity index is 619. The molecule has 0 atom stereocenters. The van der Waals surface area contributed by atoms with Gasteiger partial charge in [0.25, 0.3) is 10.0 Å². The second-order valence-electron chi connectivity index (χ2n) is 3.38. The van der Waals surface area contributed by atoms with Crippen molar-refractivity contribution in [3.63, 3.8) is 0 Å². The SMILES string of the molecule is Cc1cc(NS(=O)(=O)c2ccc(F)cc2)no1. The van der Waals surface area contributed by atoms with Crippen molar-refractivity contribution >= 4 is 15.8 Å². The Morgan fingerprint density at radius 1 is 1.29 bits per heavy atom. The molecule has 7 heteroatoms. The molecule has 0 fully saturated rings. The summed E-state index contributed by atoms with van der Waals surface area (Å²) in [5.74, 6) is 0.0786. The molecular weight excluding hydrogens is 247 g/mol. The van der Waals surface area contributed by atoms with Crippen LogP contribution in [0, 0.1) is 12.7 Å². The summed E-state index contributed by atoms with van der Waals surface area (Å²) in [6.45, 7) is 1.64. The van der Waals surface area contributed by atoms with Crippen LogP contribution in [-0.4, -0.2) is 13.6 Å². The van der Waals surface area contributed by atoms with E-state index < -0.39 is 15.8 Å². The number of halogens is 1. The molecule has 1 heterocycles. The van der Waals surface area contributed by atoms with Gasteiger partial charge in [-0.2, -0.15) is 0 Å². The molecular formula is C10H9FN2O3S. The number of hydrogen-bond donors (Lipinski definition) is 1. The molecule has 1 aromatic heterocycles. The van der Waals surface area contributed by atoms with E-state index in [1.807, 2.05) is 0 Å². The topological polar surface area (TPSA) is 72.2 Å². The largest absolute Gasteiger partial charge is 0.360 e. The van der Waals surface area contributed by atoms with E-state index in [1.165, 1.54) is 18.2 Å². The van der Waals surface area contributed by atoms with Gasteiger partial charge in [0.1, 0.15) is 11.6 Å². The second kappa shape index (κ2) is 4.17. The minimum atomic E-state index is -3.76. The van der Waals surface area contributed by atoms with Crippen molar-refractivity contribution in [2.24, 2.45) is 0 Å². The first-order valence-electron chi connectivity index (χ1n) is 4.69. The molecule has 2 rings (SSSR count). The van der Waals surface area contributed by atoms with Crippen molar-refractivity contribution in [1.29, 1.82) is 0 Å². The molecule has 5 nitrogen and oxygen atoms in total. The maximum Gasteiger partial charge on any atom is 0.263 e. The first-order chi connectivity index (χ1) is 7.97. The van der Waals surface area contributed by atoms with E-state index in [0.717, 1.165) is 12.1 Å². The predicted octanol–water partition coefficient (Wildman–Crippen LogP) is 1.92. The van der Waals surface area contributed by atoms with Gasteiger partial charge in [-0.15, -0.1) is 0 Å². The van der Waals surface area contributed by atoms with Gasteiger partial charge in [-0.05, 0) is 31.2 Å². The number of benzene rings is 1. The molecule has 0 aliphatic carbocycles. The minimum Gasteiger partial charge on any atom is -0.360 e. The summed E-state index contributed by atoms with van der Waals surface area (Å²) >= 11 is 0. The van der Waals surface area contributed by atoms with Crippen molar-refractivity contribution in [3.8, 4) is 0 Å². The summed E-state index contributed by atoms with van der Waals surface area (Å²) in [7, 11) is -3.76. The van der Waals surface area contributed by atoms with Gasteiger partial charge in [-0.1, -0.05) is 5.16 Å². The molecule has 2 aromatic rings. The molecule has 0 amide bonds. The Kier molecular flexibility index (Phi) is 2.84. The third-order valence-electron chi connectivity index (χ3n) is 1.99. The lowest BCUT2D eigenvalue weighted by Crippen LogP contribution is -2.13. The molecule has 0 saturated heterocycles. The first kappa shape index (κ1) is 11.6. The lowest BCUT2D eigenvalue weighted by molar-refractivity contribution is 0.400. The number of aromatic nitrogens is 1. The molecule has 0 radical (unpaired) electrons. The van der Waals surface area contributed by atoms with Gasteiger partial charge in [-0.3, -0.25) is 4.72 Å². The highest BCUT2D eigenvalue weighted by Gasteiger charge is 2.15. The van der Waals surface area contributed by atoms with Crippen LogP contribution in [0.25, 0.3) is 0 Å². The zero-order chi connectivity index (χ0) is 12.5. The quantitative estimate of drug-likeness (QED) is 0.910. The van der Waals surface area contributed by atoms with Crippen molar-refractivity contribution in [2.75, 3.05) is 4.72 Å².